The van der Waals surface area contributed by atoms with Crippen LogP contribution in [0, 0.1) is 6.07 Å². The summed E-state index contributed by atoms with van der Waals surface area (Å²) >= 11 is 0. The zero-order chi connectivity index (χ0) is 12.6. The van der Waals surface area contributed by atoms with Crippen LogP contribution in [0.3, 0.4) is 0 Å². The van der Waals surface area contributed by atoms with E-state index in [0.29, 0.717) is 6.61 Å². The van der Waals surface area contributed by atoms with Crippen molar-refractivity contribution in [3.63, 3.8) is 0 Å². The van der Waals surface area contributed by atoms with Gasteiger partial charge in [0.1, 0.15) is 0 Å². The van der Waals surface area contributed by atoms with Crippen molar-refractivity contribution in [1.29, 1.82) is 0 Å². The van der Waals surface area contributed by atoms with Crippen LogP contribution in [0.25, 0.3) is 0 Å². The summed E-state index contributed by atoms with van der Waals surface area (Å²) in [4.78, 5) is 2.41. The minimum absolute atomic E-state index is 0.706. The number of nitrogens with zero attached hydrogens (tertiary/aromatic N) is 1. The molecule has 18 heavy (non-hydrogen) atoms. The molecule has 0 unspecified atom stereocenters. The van der Waals surface area contributed by atoms with E-state index < -0.39 is 0 Å². The Morgan fingerprint density at radius 2 is 2.17 bits per heavy atom. The molecule has 99 valence electrons. The Hall–Kier alpha value is -1.26. The Morgan fingerprint density at radius 3 is 2.94 bits per heavy atom. The first-order valence-corrected chi connectivity index (χ1v) is 6.37. The zero-order valence-corrected chi connectivity index (χ0v) is 10.9. The third-order valence-corrected chi connectivity index (χ3v) is 2.99. The maximum atomic E-state index is 5.72. The SMILES string of the molecule is COc1c[c]ccc1OCCCN1CCOCC1. The third kappa shape index (κ3) is 3.89. The van der Waals surface area contributed by atoms with Gasteiger partial charge < -0.3 is 14.2 Å². The van der Waals surface area contributed by atoms with Crippen LogP contribution >= 0.6 is 0 Å². The van der Waals surface area contributed by atoms with Gasteiger partial charge in [-0.1, -0.05) is 6.07 Å². The maximum Gasteiger partial charge on any atom is 0.161 e. The molecule has 4 heteroatoms. The van der Waals surface area contributed by atoms with Crippen molar-refractivity contribution in [2.45, 2.75) is 6.42 Å². The Labute approximate surface area is 108 Å². The van der Waals surface area contributed by atoms with E-state index in [1.807, 2.05) is 12.1 Å². The van der Waals surface area contributed by atoms with E-state index in [0.717, 1.165) is 50.8 Å². The van der Waals surface area contributed by atoms with E-state index in [9.17, 15) is 0 Å². The normalized spacial score (nSPS) is 16.5. The van der Waals surface area contributed by atoms with Crippen molar-refractivity contribution >= 4 is 0 Å². The molecule has 1 aromatic carbocycles. The van der Waals surface area contributed by atoms with Gasteiger partial charge in [0.25, 0.3) is 0 Å². The van der Waals surface area contributed by atoms with Crippen molar-refractivity contribution in [3.8, 4) is 11.5 Å². The molecule has 0 aliphatic carbocycles. The molecular formula is C14H20NO3. The average Bonchev–Trinajstić information content (AvgIpc) is 2.45. The first-order chi connectivity index (χ1) is 8.90. The van der Waals surface area contributed by atoms with Crippen LogP contribution in [0.5, 0.6) is 11.5 Å². The standard InChI is InChI=1S/C14H20NO3/c1-16-13-5-2-3-6-14(13)18-10-4-7-15-8-11-17-12-9-15/h3,5-6H,4,7-12H2,1H3. The van der Waals surface area contributed by atoms with Crippen LogP contribution in [-0.2, 0) is 4.74 Å². The minimum Gasteiger partial charge on any atom is -0.493 e. The van der Waals surface area contributed by atoms with Crippen molar-refractivity contribution in [1.82, 2.24) is 4.90 Å². The fourth-order valence-electron chi connectivity index (χ4n) is 1.97. The number of ether oxygens (including phenoxy) is 3. The van der Waals surface area contributed by atoms with E-state index in [-0.39, 0.29) is 0 Å². The molecule has 1 heterocycles. The fraction of sp³-hybridized carbons (Fsp3) is 0.571. The molecule has 1 aromatic rings. The lowest BCUT2D eigenvalue weighted by atomic mass is 10.3. The lowest BCUT2D eigenvalue weighted by molar-refractivity contribution is 0.0357. The second-order valence-corrected chi connectivity index (χ2v) is 4.23. The zero-order valence-electron chi connectivity index (χ0n) is 10.9. The summed E-state index contributed by atoms with van der Waals surface area (Å²) in [5.74, 6) is 1.53. The Morgan fingerprint density at radius 1 is 1.33 bits per heavy atom. The average molecular weight is 250 g/mol. The molecule has 1 fully saturated rings. The van der Waals surface area contributed by atoms with Crippen molar-refractivity contribution in [3.05, 3.63) is 24.3 Å². The Bertz CT molecular complexity index is 351. The molecule has 0 bridgehead atoms. The van der Waals surface area contributed by atoms with Gasteiger partial charge >= 0.3 is 0 Å². The molecule has 0 atom stereocenters. The lowest BCUT2D eigenvalue weighted by Crippen LogP contribution is -2.37. The molecule has 1 aliphatic heterocycles. The van der Waals surface area contributed by atoms with Crippen molar-refractivity contribution < 1.29 is 14.2 Å². The molecule has 1 saturated heterocycles. The highest BCUT2D eigenvalue weighted by molar-refractivity contribution is 5.38. The van der Waals surface area contributed by atoms with E-state index in [1.54, 1.807) is 13.2 Å². The predicted molar refractivity (Wildman–Crippen MR) is 69.2 cm³/mol. The number of hydrogen-bond acceptors (Lipinski definition) is 4. The number of rotatable bonds is 6. The summed E-state index contributed by atoms with van der Waals surface area (Å²) in [6, 6.07) is 8.47. The molecule has 2 rings (SSSR count). The van der Waals surface area contributed by atoms with Gasteiger partial charge in [0.15, 0.2) is 11.5 Å². The van der Waals surface area contributed by atoms with Gasteiger partial charge in [0.2, 0.25) is 0 Å². The van der Waals surface area contributed by atoms with Crippen LogP contribution in [0.15, 0.2) is 18.2 Å². The Balaban J connectivity index is 1.68. The summed E-state index contributed by atoms with van der Waals surface area (Å²) in [6.07, 6.45) is 1.02. The van der Waals surface area contributed by atoms with Crippen LogP contribution in [0.1, 0.15) is 6.42 Å². The summed E-state index contributed by atoms with van der Waals surface area (Å²) in [7, 11) is 1.64. The number of methoxy groups -OCH3 is 1. The van der Waals surface area contributed by atoms with E-state index in [1.165, 1.54) is 0 Å². The molecule has 4 nitrogen and oxygen atoms in total. The number of hydrogen-bond donors (Lipinski definition) is 0. The highest BCUT2D eigenvalue weighted by Crippen LogP contribution is 2.25. The van der Waals surface area contributed by atoms with Gasteiger partial charge in [-0.2, -0.15) is 0 Å². The maximum absolute atomic E-state index is 5.72. The van der Waals surface area contributed by atoms with Crippen LogP contribution in [-0.4, -0.2) is 51.5 Å². The molecular weight excluding hydrogens is 230 g/mol. The predicted octanol–water partition coefficient (Wildman–Crippen LogP) is 1.60. The van der Waals surface area contributed by atoms with Crippen molar-refractivity contribution in [2.75, 3.05) is 46.6 Å². The fourth-order valence-corrected chi connectivity index (χ4v) is 1.97. The summed E-state index contributed by atoms with van der Waals surface area (Å²) < 4.78 is 16.2. The highest BCUT2D eigenvalue weighted by atomic mass is 16.5. The molecule has 0 saturated carbocycles. The molecule has 1 radical (unpaired) electrons. The number of morpholine rings is 1. The van der Waals surface area contributed by atoms with Gasteiger partial charge in [-0.15, -0.1) is 0 Å². The lowest BCUT2D eigenvalue weighted by Gasteiger charge is -2.26. The van der Waals surface area contributed by atoms with E-state index >= 15 is 0 Å². The molecule has 0 spiro atoms. The molecule has 0 amide bonds. The summed E-state index contributed by atoms with van der Waals surface area (Å²) in [6.45, 7) is 5.53. The third-order valence-electron chi connectivity index (χ3n) is 2.99. The topological polar surface area (TPSA) is 30.9 Å². The molecule has 0 aromatic heterocycles. The van der Waals surface area contributed by atoms with Gasteiger partial charge in [0.05, 0.1) is 26.9 Å². The first kappa shape index (κ1) is 13.2. The van der Waals surface area contributed by atoms with E-state index in [2.05, 4.69) is 11.0 Å². The molecule has 1 aliphatic rings. The molecule has 0 N–H and O–H groups in total. The first-order valence-electron chi connectivity index (χ1n) is 6.37. The highest BCUT2D eigenvalue weighted by Gasteiger charge is 2.09. The van der Waals surface area contributed by atoms with Crippen LogP contribution in [0.4, 0.5) is 0 Å². The quantitative estimate of drug-likeness (QED) is 0.718. The van der Waals surface area contributed by atoms with Gasteiger partial charge in [-0.05, 0) is 24.6 Å². The van der Waals surface area contributed by atoms with Crippen LogP contribution in [0.2, 0.25) is 0 Å². The van der Waals surface area contributed by atoms with Gasteiger partial charge in [-0.3, -0.25) is 4.90 Å². The van der Waals surface area contributed by atoms with Gasteiger partial charge in [0, 0.05) is 19.6 Å². The van der Waals surface area contributed by atoms with Crippen LogP contribution < -0.4 is 9.47 Å². The monoisotopic (exact) mass is 250 g/mol. The van der Waals surface area contributed by atoms with E-state index in [4.69, 9.17) is 14.2 Å². The minimum atomic E-state index is 0.706. The second-order valence-electron chi connectivity index (χ2n) is 4.23. The summed E-state index contributed by atoms with van der Waals surface area (Å²) in [5, 5.41) is 0. The Kier molecular flexibility index (Phi) is 5.30. The summed E-state index contributed by atoms with van der Waals surface area (Å²) in [5.41, 5.74) is 0. The number of benzene rings is 1. The smallest absolute Gasteiger partial charge is 0.161 e. The van der Waals surface area contributed by atoms with Crippen molar-refractivity contribution in [2.24, 2.45) is 0 Å². The van der Waals surface area contributed by atoms with Gasteiger partial charge in [-0.25, -0.2) is 0 Å². The second kappa shape index (κ2) is 7.24. The largest absolute Gasteiger partial charge is 0.493 e.